The van der Waals surface area contributed by atoms with Crippen molar-refractivity contribution in [2.75, 3.05) is 25.0 Å². The van der Waals surface area contributed by atoms with Gasteiger partial charge in [-0.15, -0.1) is 0 Å². The highest BCUT2D eigenvalue weighted by molar-refractivity contribution is 5.92. The van der Waals surface area contributed by atoms with Gasteiger partial charge in [-0.3, -0.25) is 9.69 Å². The molecule has 0 atom stereocenters. The van der Waals surface area contributed by atoms with Gasteiger partial charge >= 0.3 is 0 Å². The molecule has 0 bridgehead atoms. The molecular formula is C16H26N2O. The second kappa shape index (κ2) is 8.70. The highest BCUT2D eigenvalue weighted by Gasteiger charge is 2.09. The molecule has 0 spiro atoms. The Kier molecular flexibility index (Phi) is 7.19. The number of hydrogen-bond donors (Lipinski definition) is 1. The number of amides is 1. The van der Waals surface area contributed by atoms with Gasteiger partial charge in [0.2, 0.25) is 5.91 Å². The minimum Gasteiger partial charge on any atom is -0.325 e. The van der Waals surface area contributed by atoms with Crippen molar-refractivity contribution in [3.8, 4) is 0 Å². The zero-order valence-electron chi connectivity index (χ0n) is 12.4. The summed E-state index contributed by atoms with van der Waals surface area (Å²) in [6, 6.07) is 8.07. The fourth-order valence-electron chi connectivity index (χ4n) is 2.13. The minimum atomic E-state index is 0.0751. The lowest BCUT2D eigenvalue weighted by atomic mass is 10.1. The number of anilines is 1. The largest absolute Gasteiger partial charge is 0.325 e. The molecule has 1 amide bonds. The molecule has 0 radical (unpaired) electrons. The van der Waals surface area contributed by atoms with Crippen LogP contribution in [-0.2, 0) is 11.2 Å². The van der Waals surface area contributed by atoms with Gasteiger partial charge in [0, 0.05) is 5.69 Å². The van der Waals surface area contributed by atoms with E-state index in [1.54, 1.807) is 0 Å². The van der Waals surface area contributed by atoms with Crippen LogP contribution in [0.15, 0.2) is 24.3 Å². The zero-order chi connectivity index (χ0) is 14.1. The van der Waals surface area contributed by atoms with Crippen LogP contribution in [0.2, 0.25) is 0 Å². The summed E-state index contributed by atoms with van der Waals surface area (Å²) < 4.78 is 0. The molecule has 0 aliphatic heterocycles. The fraction of sp³-hybridized carbons (Fsp3) is 0.562. The van der Waals surface area contributed by atoms with E-state index in [2.05, 4.69) is 43.1 Å². The third-order valence-electron chi connectivity index (χ3n) is 3.09. The summed E-state index contributed by atoms with van der Waals surface area (Å²) in [6.07, 6.45) is 3.19. The summed E-state index contributed by atoms with van der Waals surface area (Å²) in [4.78, 5) is 14.2. The molecule has 0 aromatic heterocycles. The van der Waals surface area contributed by atoms with Crippen molar-refractivity contribution < 1.29 is 4.79 Å². The molecule has 19 heavy (non-hydrogen) atoms. The standard InChI is InChI=1S/C16H26N2O/c1-4-11-18(12-5-2)13-16(19)17-15-9-7-14(6-3)8-10-15/h7-10H,4-6,11-13H2,1-3H3,(H,17,19). The first kappa shape index (κ1) is 15.7. The van der Waals surface area contributed by atoms with Crippen molar-refractivity contribution in [2.24, 2.45) is 0 Å². The Labute approximate surface area is 117 Å². The molecular weight excluding hydrogens is 236 g/mol. The molecule has 3 heteroatoms. The first-order valence-electron chi connectivity index (χ1n) is 7.30. The lowest BCUT2D eigenvalue weighted by molar-refractivity contribution is -0.117. The van der Waals surface area contributed by atoms with Crippen molar-refractivity contribution in [1.29, 1.82) is 0 Å². The quantitative estimate of drug-likeness (QED) is 0.779. The van der Waals surface area contributed by atoms with Crippen LogP contribution in [-0.4, -0.2) is 30.4 Å². The van der Waals surface area contributed by atoms with E-state index in [1.807, 2.05) is 12.1 Å². The van der Waals surface area contributed by atoms with Crippen LogP contribution in [0.3, 0.4) is 0 Å². The molecule has 0 saturated heterocycles. The average Bonchev–Trinajstić information content (AvgIpc) is 2.40. The average molecular weight is 262 g/mol. The Morgan fingerprint density at radius 2 is 1.63 bits per heavy atom. The second-order valence-electron chi connectivity index (χ2n) is 4.87. The number of aryl methyl sites for hydroxylation is 1. The Balaban J connectivity index is 2.48. The zero-order valence-corrected chi connectivity index (χ0v) is 12.4. The van der Waals surface area contributed by atoms with E-state index in [0.29, 0.717) is 6.54 Å². The summed E-state index contributed by atoms with van der Waals surface area (Å²) in [6.45, 7) is 8.86. The maximum Gasteiger partial charge on any atom is 0.238 e. The van der Waals surface area contributed by atoms with Crippen molar-refractivity contribution in [3.63, 3.8) is 0 Å². The van der Waals surface area contributed by atoms with Gasteiger partial charge in [0.05, 0.1) is 6.54 Å². The van der Waals surface area contributed by atoms with Gasteiger partial charge in [-0.2, -0.15) is 0 Å². The number of hydrogen-bond acceptors (Lipinski definition) is 2. The second-order valence-corrected chi connectivity index (χ2v) is 4.87. The van der Waals surface area contributed by atoms with Crippen molar-refractivity contribution in [1.82, 2.24) is 4.90 Å². The topological polar surface area (TPSA) is 32.3 Å². The van der Waals surface area contributed by atoms with Crippen molar-refractivity contribution >= 4 is 11.6 Å². The fourth-order valence-corrected chi connectivity index (χ4v) is 2.13. The Hall–Kier alpha value is -1.35. The third-order valence-corrected chi connectivity index (χ3v) is 3.09. The normalized spacial score (nSPS) is 10.7. The van der Waals surface area contributed by atoms with Gasteiger partial charge in [0.15, 0.2) is 0 Å². The number of benzene rings is 1. The van der Waals surface area contributed by atoms with Crippen LogP contribution in [0.4, 0.5) is 5.69 Å². The molecule has 0 fully saturated rings. The molecule has 1 aromatic carbocycles. The number of nitrogens with zero attached hydrogens (tertiary/aromatic N) is 1. The maximum absolute atomic E-state index is 12.0. The summed E-state index contributed by atoms with van der Waals surface area (Å²) in [5.41, 5.74) is 2.17. The number of nitrogens with one attached hydrogen (secondary N) is 1. The third kappa shape index (κ3) is 5.88. The van der Waals surface area contributed by atoms with Gasteiger partial charge in [-0.05, 0) is 50.0 Å². The van der Waals surface area contributed by atoms with Crippen LogP contribution in [0, 0.1) is 0 Å². The monoisotopic (exact) mass is 262 g/mol. The first-order chi connectivity index (χ1) is 9.19. The van der Waals surface area contributed by atoms with E-state index in [-0.39, 0.29) is 5.91 Å². The van der Waals surface area contributed by atoms with Gasteiger partial charge in [0.1, 0.15) is 0 Å². The molecule has 1 rings (SSSR count). The highest BCUT2D eigenvalue weighted by atomic mass is 16.2. The number of carbonyl (C=O) groups is 1. The molecule has 1 N–H and O–H groups in total. The van der Waals surface area contributed by atoms with E-state index >= 15 is 0 Å². The van der Waals surface area contributed by atoms with E-state index in [4.69, 9.17) is 0 Å². The van der Waals surface area contributed by atoms with E-state index in [1.165, 1.54) is 5.56 Å². The lowest BCUT2D eigenvalue weighted by Gasteiger charge is -2.20. The molecule has 0 unspecified atom stereocenters. The molecule has 1 aromatic rings. The van der Waals surface area contributed by atoms with E-state index < -0.39 is 0 Å². The van der Waals surface area contributed by atoms with Crippen molar-refractivity contribution in [3.05, 3.63) is 29.8 Å². The van der Waals surface area contributed by atoms with Crippen LogP contribution < -0.4 is 5.32 Å². The Morgan fingerprint density at radius 3 is 2.11 bits per heavy atom. The molecule has 0 saturated carbocycles. The number of rotatable bonds is 8. The summed E-state index contributed by atoms with van der Waals surface area (Å²) in [5, 5.41) is 2.96. The summed E-state index contributed by atoms with van der Waals surface area (Å²) in [7, 11) is 0. The van der Waals surface area contributed by atoms with Crippen LogP contribution in [0.5, 0.6) is 0 Å². The van der Waals surface area contributed by atoms with E-state index in [0.717, 1.165) is 38.0 Å². The first-order valence-corrected chi connectivity index (χ1v) is 7.30. The summed E-state index contributed by atoms with van der Waals surface area (Å²) >= 11 is 0. The van der Waals surface area contributed by atoms with Crippen LogP contribution in [0.25, 0.3) is 0 Å². The van der Waals surface area contributed by atoms with Gasteiger partial charge < -0.3 is 5.32 Å². The van der Waals surface area contributed by atoms with Crippen LogP contribution >= 0.6 is 0 Å². The Morgan fingerprint density at radius 1 is 1.05 bits per heavy atom. The minimum absolute atomic E-state index is 0.0751. The molecule has 0 heterocycles. The van der Waals surface area contributed by atoms with Gasteiger partial charge in [-0.1, -0.05) is 32.9 Å². The van der Waals surface area contributed by atoms with Crippen LogP contribution in [0.1, 0.15) is 39.2 Å². The van der Waals surface area contributed by atoms with Crippen molar-refractivity contribution in [2.45, 2.75) is 40.0 Å². The molecule has 0 aliphatic carbocycles. The maximum atomic E-state index is 12.0. The predicted octanol–water partition coefficient (Wildman–Crippen LogP) is 3.31. The smallest absolute Gasteiger partial charge is 0.238 e. The number of carbonyl (C=O) groups excluding carboxylic acids is 1. The molecule has 106 valence electrons. The predicted molar refractivity (Wildman–Crippen MR) is 81.5 cm³/mol. The lowest BCUT2D eigenvalue weighted by Crippen LogP contribution is -2.34. The highest BCUT2D eigenvalue weighted by Crippen LogP contribution is 2.10. The SMILES string of the molecule is CCCN(CCC)CC(=O)Nc1ccc(CC)cc1. The Bertz CT molecular complexity index is 367. The molecule has 0 aliphatic rings. The van der Waals surface area contributed by atoms with Gasteiger partial charge in [0.25, 0.3) is 0 Å². The van der Waals surface area contributed by atoms with Gasteiger partial charge in [-0.25, -0.2) is 0 Å². The van der Waals surface area contributed by atoms with E-state index in [9.17, 15) is 4.79 Å². The molecule has 3 nitrogen and oxygen atoms in total. The summed E-state index contributed by atoms with van der Waals surface area (Å²) in [5.74, 6) is 0.0751.